The molecule has 110 valence electrons. The average Bonchev–Trinajstić information content (AvgIpc) is 2.86. The maximum atomic E-state index is 13.0. The van der Waals surface area contributed by atoms with E-state index in [1.807, 2.05) is 0 Å². The third kappa shape index (κ3) is 4.28. The van der Waals surface area contributed by atoms with Gasteiger partial charge in [-0.15, -0.1) is 0 Å². The molecule has 0 radical (unpaired) electrons. The number of benzene rings is 1. The fourth-order valence-electron chi connectivity index (χ4n) is 2.01. The highest BCUT2D eigenvalue weighted by molar-refractivity contribution is 7.85. The molecular formula is C13H17FN2O3S. The lowest BCUT2D eigenvalue weighted by Gasteiger charge is -2.09. The number of rotatable bonds is 5. The molecule has 1 aromatic carbocycles. The smallest absolute Gasteiger partial charge is 0.236 e. The van der Waals surface area contributed by atoms with E-state index in [0.717, 1.165) is 12.8 Å². The fraction of sp³-hybridized carbons (Fsp3) is 0.462. The lowest BCUT2D eigenvalue weighted by Crippen LogP contribution is -2.25. The molecular weight excluding hydrogens is 283 g/mol. The van der Waals surface area contributed by atoms with E-state index in [1.54, 1.807) is 0 Å². The molecule has 1 amide bonds. The van der Waals surface area contributed by atoms with Crippen LogP contribution in [0.2, 0.25) is 0 Å². The van der Waals surface area contributed by atoms with Crippen molar-refractivity contribution in [1.82, 2.24) is 0 Å². The zero-order chi connectivity index (χ0) is 14.5. The van der Waals surface area contributed by atoms with Crippen molar-refractivity contribution in [1.29, 1.82) is 0 Å². The summed E-state index contributed by atoms with van der Waals surface area (Å²) in [4.78, 5) is 11.7. The summed E-state index contributed by atoms with van der Waals surface area (Å²) in [6.07, 6.45) is 1.86. The Balaban J connectivity index is 1.82. The predicted molar refractivity (Wildman–Crippen MR) is 76.3 cm³/mol. The molecule has 3 N–H and O–H groups in total. The van der Waals surface area contributed by atoms with Gasteiger partial charge in [0.2, 0.25) is 5.91 Å². The van der Waals surface area contributed by atoms with Gasteiger partial charge in [0.15, 0.2) is 0 Å². The summed E-state index contributed by atoms with van der Waals surface area (Å²) >= 11 is 0. The van der Waals surface area contributed by atoms with Gasteiger partial charge in [-0.3, -0.25) is 9.00 Å². The highest BCUT2D eigenvalue weighted by Gasteiger charge is 2.19. The second kappa shape index (κ2) is 6.81. The van der Waals surface area contributed by atoms with Crippen LogP contribution in [0.4, 0.5) is 15.8 Å². The average molecular weight is 300 g/mol. The molecule has 1 heterocycles. The normalized spacial score (nSPS) is 19.8. The Bertz CT molecular complexity index is 518. The maximum absolute atomic E-state index is 13.0. The van der Waals surface area contributed by atoms with Crippen molar-refractivity contribution in [2.45, 2.75) is 18.9 Å². The Morgan fingerprint density at radius 1 is 1.55 bits per heavy atom. The molecule has 5 nitrogen and oxygen atoms in total. The lowest BCUT2D eigenvalue weighted by atomic mass is 10.2. The molecule has 1 aromatic rings. The van der Waals surface area contributed by atoms with E-state index in [9.17, 15) is 13.4 Å². The summed E-state index contributed by atoms with van der Waals surface area (Å²) in [7, 11) is -1.27. The molecule has 1 fully saturated rings. The summed E-state index contributed by atoms with van der Waals surface area (Å²) in [6.45, 7) is 0.697. The second-order valence-electron chi connectivity index (χ2n) is 4.67. The van der Waals surface area contributed by atoms with Crippen LogP contribution in [0.5, 0.6) is 0 Å². The van der Waals surface area contributed by atoms with Gasteiger partial charge in [0.25, 0.3) is 0 Å². The van der Waals surface area contributed by atoms with E-state index in [-0.39, 0.29) is 23.5 Å². The number of nitrogens with two attached hydrogens (primary N) is 1. The molecule has 7 heteroatoms. The van der Waals surface area contributed by atoms with Gasteiger partial charge >= 0.3 is 0 Å². The third-order valence-corrected chi connectivity index (χ3v) is 4.30. The van der Waals surface area contributed by atoms with Gasteiger partial charge in [-0.1, -0.05) is 0 Å². The number of hydrogen-bond acceptors (Lipinski definition) is 4. The SMILES string of the molecule is Nc1cc(NC(=O)CS(=O)CC2CCCO2)ccc1F. The molecule has 0 saturated carbocycles. The molecule has 0 aliphatic carbocycles. The van der Waals surface area contributed by atoms with E-state index < -0.39 is 16.6 Å². The van der Waals surface area contributed by atoms with E-state index in [4.69, 9.17) is 10.5 Å². The Kier molecular flexibility index (Phi) is 5.08. The quantitative estimate of drug-likeness (QED) is 0.803. The summed E-state index contributed by atoms with van der Waals surface area (Å²) in [5.74, 6) is -0.645. The van der Waals surface area contributed by atoms with Crippen LogP contribution < -0.4 is 11.1 Å². The van der Waals surface area contributed by atoms with Gasteiger partial charge in [0.05, 0.1) is 17.5 Å². The molecule has 20 heavy (non-hydrogen) atoms. The number of nitrogens with one attached hydrogen (secondary N) is 1. The number of anilines is 2. The van der Waals surface area contributed by atoms with Gasteiger partial charge in [0, 0.05) is 23.1 Å². The Labute approximate surface area is 119 Å². The van der Waals surface area contributed by atoms with Crippen LogP contribution in [-0.4, -0.2) is 34.3 Å². The number of hydrogen-bond donors (Lipinski definition) is 2. The van der Waals surface area contributed by atoms with Crippen LogP contribution in [0.1, 0.15) is 12.8 Å². The highest BCUT2D eigenvalue weighted by Crippen LogP contribution is 2.16. The number of amides is 1. The van der Waals surface area contributed by atoms with Crippen molar-refractivity contribution in [2.24, 2.45) is 0 Å². The lowest BCUT2D eigenvalue weighted by molar-refractivity contribution is -0.113. The van der Waals surface area contributed by atoms with Gasteiger partial charge in [-0.05, 0) is 31.0 Å². The summed E-state index contributed by atoms with van der Waals surface area (Å²) in [6, 6.07) is 3.91. The van der Waals surface area contributed by atoms with Crippen molar-refractivity contribution in [2.75, 3.05) is 29.2 Å². The molecule has 0 spiro atoms. The largest absolute Gasteiger partial charge is 0.396 e. The van der Waals surface area contributed by atoms with Crippen molar-refractivity contribution in [3.8, 4) is 0 Å². The standard InChI is InChI=1S/C13H17FN2O3S/c14-11-4-3-9(6-12(11)15)16-13(17)8-20(18)7-10-2-1-5-19-10/h3-4,6,10H,1-2,5,7-8,15H2,(H,16,17). The summed E-state index contributed by atoms with van der Waals surface area (Å²) in [5.41, 5.74) is 5.76. The topological polar surface area (TPSA) is 81.4 Å². The first kappa shape index (κ1) is 14.9. The predicted octanol–water partition coefficient (Wildman–Crippen LogP) is 1.27. The molecule has 2 rings (SSSR count). The molecule has 2 atom stereocenters. The Morgan fingerprint density at radius 2 is 2.35 bits per heavy atom. The first-order valence-corrected chi connectivity index (χ1v) is 7.85. The van der Waals surface area contributed by atoms with E-state index in [1.165, 1.54) is 18.2 Å². The number of carbonyl (C=O) groups excluding carboxylic acids is 1. The van der Waals surface area contributed by atoms with Crippen LogP contribution in [0.15, 0.2) is 18.2 Å². The number of nitrogen functional groups attached to an aromatic ring is 1. The summed E-state index contributed by atoms with van der Waals surface area (Å²) in [5, 5.41) is 2.55. The molecule has 0 bridgehead atoms. The molecule has 0 aromatic heterocycles. The van der Waals surface area contributed by atoms with Crippen molar-refractivity contribution in [3.05, 3.63) is 24.0 Å². The van der Waals surface area contributed by atoms with Crippen LogP contribution in [-0.2, 0) is 20.3 Å². The van der Waals surface area contributed by atoms with Crippen molar-refractivity contribution in [3.63, 3.8) is 0 Å². The first-order chi connectivity index (χ1) is 9.54. The fourth-order valence-corrected chi connectivity index (χ4v) is 3.17. The van der Waals surface area contributed by atoms with Gasteiger partial charge < -0.3 is 15.8 Å². The zero-order valence-corrected chi connectivity index (χ0v) is 11.7. The number of ether oxygens (including phenoxy) is 1. The Hall–Kier alpha value is -1.47. The highest BCUT2D eigenvalue weighted by atomic mass is 32.2. The minimum atomic E-state index is -1.27. The molecule has 1 saturated heterocycles. The zero-order valence-electron chi connectivity index (χ0n) is 10.9. The monoisotopic (exact) mass is 300 g/mol. The van der Waals surface area contributed by atoms with Crippen LogP contribution in [0.3, 0.4) is 0 Å². The summed E-state index contributed by atoms with van der Waals surface area (Å²) < 4.78 is 30.1. The third-order valence-electron chi connectivity index (χ3n) is 2.97. The molecule has 2 unspecified atom stereocenters. The Morgan fingerprint density at radius 3 is 3.00 bits per heavy atom. The minimum Gasteiger partial charge on any atom is -0.396 e. The maximum Gasteiger partial charge on any atom is 0.236 e. The van der Waals surface area contributed by atoms with Crippen LogP contribution in [0.25, 0.3) is 0 Å². The van der Waals surface area contributed by atoms with E-state index in [0.29, 0.717) is 18.0 Å². The van der Waals surface area contributed by atoms with E-state index in [2.05, 4.69) is 5.32 Å². The minimum absolute atomic E-state index is 0.00917. The van der Waals surface area contributed by atoms with E-state index >= 15 is 0 Å². The van der Waals surface area contributed by atoms with Gasteiger partial charge in [0.1, 0.15) is 11.6 Å². The second-order valence-corrected chi connectivity index (χ2v) is 6.17. The van der Waals surface area contributed by atoms with Crippen molar-refractivity contribution >= 4 is 28.1 Å². The van der Waals surface area contributed by atoms with Gasteiger partial charge in [-0.2, -0.15) is 0 Å². The van der Waals surface area contributed by atoms with Crippen LogP contribution in [0, 0.1) is 5.82 Å². The van der Waals surface area contributed by atoms with Gasteiger partial charge in [-0.25, -0.2) is 4.39 Å². The number of halogens is 1. The molecule has 1 aliphatic rings. The van der Waals surface area contributed by atoms with Crippen LogP contribution >= 0.6 is 0 Å². The first-order valence-electron chi connectivity index (χ1n) is 6.36. The van der Waals surface area contributed by atoms with Crippen molar-refractivity contribution < 1.29 is 18.1 Å². The molecule has 1 aliphatic heterocycles. The number of carbonyl (C=O) groups is 1.